The fraction of sp³-hybridized carbons (Fsp3) is 0.500. The molecular weight excluding hydrogens is 318 g/mol. The van der Waals surface area contributed by atoms with Crippen LogP contribution in [0.5, 0.6) is 0 Å². The number of nitrogens with one attached hydrogen (secondary N) is 1. The molecule has 0 aliphatic carbocycles. The van der Waals surface area contributed by atoms with Gasteiger partial charge in [-0.3, -0.25) is 4.79 Å². The third kappa shape index (κ3) is 4.54. The van der Waals surface area contributed by atoms with Crippen LogP contribution in [-0.4, -0.2) is 24.7 Å². The zero-order chi connectivity index (χ0) is 14.7. The molecule has 1 aliphatic rings. The van der Waals surface area contributed by atoms with E-state index in [1.54, 1.807) is 13.0 Å². The number of rotatable bonds is 4. The van der Waals surface area contributed by atoms with Crippen LogP contribution in [0.25, 0.3) is 0 Å². The van der Waals surface area contributed by atoms with Crippen molar-refractivity contribution in [1.29, 1.82) is 0 Å². The molecule has 3 N–H and O–H groups in total. The van der Waals surface area contributed by atoms with Crippen molar-refractivity contribution in [3.8, 4) is 0 Å². The van der Waals surface area contributed by atoms with Gasteiger partial charge in [0.2, 0.25) is 5.91 Å². The fourth-order valence-electron chi connectivity index (χ4n) is 2.31. The molecule has 0 bridgehead atoms. The SMILES string of the molecule is CC(NC(=O)[C@@H]1CC[C@H](CN)O1)c1ccc(F)cc1Cl.Cl. The molecule has 2 rings (SSSR count). The summed E-state index contributed by atoms with van der Waals surface area (Å²) < 4.78 is 18.5. The summed E-state index contributed by atoms with van der Waals surface area (Å²) in [7, 11) is 0. The van der Waals surface area contributed by atoms with Gasteiger partial charge in [0.05, 0.1) is 12.1 Å². The van der Waals surface area contributed by atoms with E-state index in [0.29, 0.717) is 23.6 Å². The van der Waals surface area contributed by atoms with Crippen molar-refractivity contribution in [2.45, 2.75) is 38.0 Å². The third-order valence-electron chi connectivity index (χ3n) is 3.45. The van der Waals surface area contributed by atoms with Gasteiger partial charge in [0, 0.05) is 11.6 Å². The number of ether oxygens (including phenoxy) is 1. The molecule has 0 radical (unpaired) electrons. The summed E-state index contributed by atoms with van der Waals surface area (Å²) >= 11 is 5.97. The highest BCUT2D eigenvalue weighted by Gasteiger charge is 2.30. The maximum atomic E-state index is 13.0. The lowest BCUT2D eigenvalue weighted by Gasteiger charge is -2.19. The van der Waals surface area contributed by atoms with Crippen LogP contribution >= 0.6 is 24.0 Å². The molecule has 1 heterocycles. The summed E-state index contributed by atoms with van der Waals surface area (Å²) in [5.74, 6) is -0.587. The minimum atomic E-state index is -0.467. The summed E-state index contributed by atoms with van der Waals surface area (Å²) in [5, 5.41) is 3.13. The first-order chi connectivity index (χ1) is 9.51. The van der Waals surface area contributed by atoms with Crippen molar-refractivity contribution in [2.24, 2.45) is 5.73 Å². The van der Waals surface area contributed by atoms with Gasteiger partial charge < -0.3 is 15.8 Å². The predicted molar refractivity (Wildman–Crippen MR) is 82.2 cm³/mol. The van der Waals surface area contributed by atoms with Gasteiger partial charge in [-0.15, -0.1) is 12.4 Å². The molecule has 0 saturated carbocycles. The second-order valence-corrected chi connectivity index (χ2v) is 5.36. The summed E-state index contributed by atoms with van der Waals surface area (Å²) in [6.45, 7) is 2.22. The van der Waals surface area contributed by atoms with Crippen molar-refractivity contribution < 1.29 is 13.9 Å². The first-order valence-corrected chi connectivity index (χ1v) is 7.00. The maximum absolute atomic E-state index is 13.0. The average molecular weight is 337 g/mol. The summed E-state index contributed by atoms with van der Waals surface area (Å²) in [4.78, 5) is 12.1. The predicted octanol–water partition coefficient (Wildman–Crippen LogP) is 2.58. The van der Waals surface area contributed by atoms with Crippen LogP contribution in [-0.2, 0) is 9.53 Å². The number of nitrogens with two attached hydrogens (primary N) is 1. The maximum Gasteiger partial charge on any atom is 0.249 e. The quantitative estimate of drug-likeness (QED) is 0.888. The van der Waals surface area contributed by atoms with Crippen LogP contribution < -0.4 is 11.1 Å². The molecule has 21 heavy (non-hydrogen) atoms. The van der Waals surface area contributed by atoms with Crippen molar-refractivity contribution in [3.63, 3.8) is 0 Å². The second kappa shape index (κ2) is 7.94. The Kier molecular flexibility index (Phi) is 6.87. The smallest absolute Gasteiger partial charge is 0.249 e. The van der Waals surface area contributed by atoms with Crippen LogP contribution in [0.2, 0.25) is 5.02 Å². The van der Waals surface area contributed by atoms with E-state index >= 15 is 0 Å². The molecule has 7 heteroatoms. The van der Waals surface area contributed by atoms with Gasteiger partial charge in [-0.05, 0) is 37.5 Å². The lowest BCUT2D eigenvalue weighted by atomic mass is 10.1. The van der Waals surface area contributed by atoms with E-state index < -0.39 is 11.9 Å². The van der Waals surface area contributed by atoms with E-state index in [1.165, 1.54) is 12.1 Å². The molecule has 0 aromatic heterocycles. The Hall–Kier alpha value is -0.880. The molecule has 0 spiro atoms. The molecule has 1 aliphatic heterocycles. The van der Waals surface area contributed by atoms with Gasteiger partial charge in [0.1, 0.15) is 11.9 Å². The van der Waals surface area contributed by atoms with Crippen LogP contribution in [0.1, 0.15) is 31.4 Å². The van der Waals surface area contributed by atoms with Crippen LogP contribution in [0.15, 0.2) is 18.2 Å². The van der Waals surface area contributed by atoms with Gasteiger partial charge in [0.15, 0.2) is 0 Å². The zero-order valence-corrected chi connectivity index (χ0v) is 13.2. The van der Waals surface area contributed by atoms with E-state index in [0.717, 1.165) is 6.42 Å². The zero-order valence-electron chi connectivity index (χ0n) is 11.6. The van der Waals surface area contributed by atoms with Gasteiger partial charge in [-0.1, -0.05) is 17.7 Å². The molecule has 1 aromatic carbocycles. The number of hydrogen-bond acceptors (Lipinski definition) is 3. The van der Waals surface area contributed by atoms with Gasteiger partial charge in [-0.2, -0.15) is 0 Å². The molecule has 118 valence electrons. The molecule has 3 atom stereocenters. The van der Waals surface area contributed by atoms with Crippen LogP contribution in [0.3, 0.4) is 0 Å². The number of amides is 1. The van der Waals surface area contributed by atoms with Gasteiger partial charge >= 0.3 is 0 Å². The number of benzene rings is 1. The third-order valence-corrected chi connectivity index (χ3v) is 3.78. The van der Waals surface area contributed by atoms with E-state index in [-0.39, 0.29) is 30.5 Å². The standard InChI is InChI=1S/C14H18ClFN2O2.ClH/c1-8(11-4-2-9(16)6-12(11)15)18-14(19)13-5-3-10(7-17)20-13;/h2,4,6,8,10,13H,3,5,7,17H2,1H3,(H,18,19);1H/t8?,10-,13+;/m1./s1. The van der Waals surface area contributed by atoms with Crippen molar-refractivity contribution >= 4 is 29.9 Å². The Morgan fingerprint density at radius 3 is 2.86 bits per heavy atom. The average Bonchev–Trinajstić information content (AvgIpc) is 2.87. The first kappa shape index (κ1) is 18.2. The lowest BCUT2D eigenvalue weighted by molar-refractivity contribution is -0.132. The van der Waals surface area contributed by atoms with E-state index in [1.807, 2.05) is 0 Å². The minimum absolute atomic E-state index is 0. The van der Waals surface area contributed by atoms with E-state index in [4.69, 9.17) is 22.1 Å². The van der Waals surface area contributed by atoms with E-state index in [9.17, 15) is 9.18 Å². The number of halogens is 3. The monoisotopic (exact) mass is 336 g/mol. The molecule has 4 nitrogen and oxygen atoms in total. The van der Waals surface area contributed by atoms with E-state index in [2.05, 4.69) is 5.32 Å². The Balaban J connectivity index is 0.00000220. The van der Waals surface area contributed by atoms with Gasteiger partial charge in [-0.25, -0.2) is 4.39 Å². The van der Waals surface area contributed by atoms with Crippen LogP contribution in [0, 0.1) is 5.82 Å². The molecule has 1 fully saturated rings. The summed E-state index contributed by atoms with van der Waals surface area (Å²) in [6.07, 6.45) is 0.943. The topological polar surface area (TPSA) is 64.4 Å². The van der Waals surface area contributed by atoms with Crippen LogP contribution in [0.4, 0.5) is 4.39 Å². The highest BCUT2D eigenvalue weighted by Crippen LogP contribution is 2.25. The molecule has 1 saturated heterocycles. The molecule has 1 aromatic rings. The Morgan fingerprint density at radius 2 is 2.29 bits per heavy atom. The fourth-order valence-corrected chi connectivity index (χ4v) is 2.64. The first-order valence-electron chi connectivity index (χ1n) is 6.62. The normalized spacial score (nSPS) is 22.5. The van der Waals surface area contributed by atoms with Gasteiger partial charge in [0.25, 0.3) is 0 Å². The number of carbonyl (C=O) groups is 1. The van der Waals surface area contributed by atoms with Crippen molar-refractivity contribution in [3.05, 3.63) is 34.6 Å². The number of carbonyl (C=O) groups excluding carboxylic acids is 1. The number of hydrogen-bond donors (Lipinski definition) is 2. The summed E-state index contributed by atoms with van der Waals surface area (Å²) in [5.41, 5.74) is 6.19. The largest absolute Gasteiger partial charge is 0.364 e. The Morgan fingerprint density at radius 1 is 1.57 bits per heavy atom. The Bertz CT molecular complexity index is 502. The molecular formula is C14H19Cl2FN2O2. The lowest BCUT2D eigenvalue weighted by Crippen LogP contribution is -2.37. The molecule has 1 unspecified atom stereocenters. The summed E-state index contributed by atoms with van der Waals surface area (Å²) in [6, 6.07) is 3.81. The molecule has 1 amide bonds. The second-order valence-electron chi connectivity index (χ2n) is 4.96. The van der Waals surface area contributed by atoms with Crippen molar-refractivity contribution in [2.75, 3.05) is 6.54 Å². The highest BCUT2D eigenvalue weighted by molar-refractivity contribution is 6.31. The highest BCUT2D eigenvalue weighted by atomic mass is 35.5. The minimum Gasteiger partial charge on any atom is -0.364 e. The van der Waals surface area contributed by atoms with Crippen molar-refractivity contribution in [1.82, 2.24) is 5.32 Å². The Labute approximate surface area is 134 Å².